The summed E-state index contributed by atoms with van der Waals surface area (Å²) in [5, 5.41) is 21.0. The van der Waals surface area contributed by atoms with Gasteiger partial charge in [0.05, 0.1) is 12.7 Å². The highest BCUT2D eigenvalue weighted by Crippen LogP contribution is 2.28. The van der Waals surface area contributed by atoms with Crippen molar-refractivity contribution >= 4 is 12.0 Å². The fourth-order valence-electron chi connectivity index (χ4n) is 2.14. The van der Waals surface area contributed by atoms with Gasteiger partial charge in [0.15, 0.2) is 0 Å². The molecule has 7 nitrogen and oxygen atoms in total. The van der Waals surface area contributed by atoms with Crippen LogP contribution in [-0.4, -0.2) is 65.6 Å². The van der Waals surface area contributed by atoms with E-state index in [9.17, 15) is 14.7 Å². The maximum absolute atomic E-state index is 11.8. The van der Waals surface area contributed by atoms with Gasteiger partial charge in [0, 0.05) is 26.1 Å². The first-order valence-corrected chi connectivity index (χ1v) is 6.61. The number of ether oxygens (including phenoxy) is 1. The Morgan fingerprint density at radius 2 is 2.11 bits per heavy atom. The zero-order chi connectivity index (χ0) is 13.8. The van der Waals surface area contributed by atoms with Gasteiger partial charge in [-0.25, -0.2) is 9.59 Å². The molecule has 1 saturated carbocycles. The van der Waals surface area contributed by atoms with Crippen LogP contribution in [0.5, 0.6) is 0 Å². The maximum atomic E-state index is 11.8. The lowest BCUT2D eigenvalue weighted by molar-refractivity contribution is -0.141. The Morgan fingerprint density at radius 1 is 1.37 bits per heavy atom. The van der Waals surface area contributed by atoms with Crippen LogP contribution in [0.25, 0.3) is 0 Å². The van der Waals surface area contributed by atoms with Crippen LogP contribution in [-0.2, 0) is 9.53 Å². The van der Waals surface area contributed by atoms with E-state index in [1.807, 2.05) is 0 Å². The van der Waals surface area contributed by atoms with E-state index in [0.29, 0.717) is 19.1 Å². The van der Waals surface area contributed by atoms with Crippen LogP contribution < -0.4 is 5.32 Å². The summed E-state index contributed by atoms with van der Waals surface area (Å²) in [6.07, 6.45) is 1.76. The third kappa shape index (κ3) is 4.07. The minimum absolute atomic E-state index is 0.0612. The van der Waals surface area contributed by atoms with E-state index in [4.69, 9.17) is 9.84 Å². The van der Waals surface area contributed by atoms with Crippen LogP contribution in [0.15, 0.2) is 0 Å². The van der Waals surface area contributed by atoms with E-state index in [1.165, 1.54) is 12.8 Å². The normalized spacial score (nSPS) is 26.5. The van der Waals surface area contributed by atoms with Crippen molar-refractivity contribution in [1.82, 2.24) is 10.2 Å². The van der Waals surface area contributed by atoms with Crippen LogP contribution in [0.1, 0.15) is 19.3 Å². The third-order valence-electron chi connectivity index (χ3n) is 3.40. The summed E-state index contributed by atoms with van der Waals surface area (Å²) in [6.45, 7) is 1.57. The van der Waals surface area contributed by atoms with Gasteiger partial charge in [-0.05, 0) is 18.8 Å². The van der Waals surface area contributed by atoms with Crippen LogP contribution in [0, 0.1) is 5.92 Å². The molecule has 1 aliphatic heterocycles. The van der Waals surface area contributed by atoms with Gasteiger partial charge in [-0.15, -0.1) is 0 Å². The molecule has 19 heavy (non-hydrogen) atoms. The number of β-amino-alcohol motifs (C(OH)–C–C–N with tert-alkyl or cyclic N) is 1. The summed E-state index contributed by atoms with van der Waals surface area (Å²) in [4.78, 5) is 23.9. The lowest BCUT2D eigenvalue weighted by atomic mass is 10.2. The highest BCUT2D eigenvalue weighted by atomic mass is 16.5. The van der Waals surface area contributed by atoms with Crippen molar-refractivity contribution in [3.05, 3.63) is 0 Å². The number of aliphatic carboxylic acids is 1. The topological polar surface area (TPSA) is 99.1 Å². The predicted octanol–water partition coefficient (Wildman–Crippen LogP) is -0.358. The van der Waals surface area contributed by atoms with Gasteiger partial charge < -0.3 is 25.2 Å². The number of carbonyl (C=O) groups is 2. The number of carbonyl (C=O) groups excluding carboxylic acids is 1. The predicted molar refractivity (Wildman–Crippen MR) is 65.7 cm³/mol. The van der Waals surface area contributed by atoms with Gasteiger partial charge in [0.25, 0.3) is 0 Å². The SMILES string of the molecule is O=C(O)[C@@H]1C[C@H](O)CN1C(=O)NCCOCC1CC1. The summed E-state index contributed by atoms with van der Waals surface area (Å²) < 4.78 is 5.37. The van der Waals surface area contributed by atoms with Crippen molar-refractivity contribution in [2.24, 2.45) is 5.92 Å². The van der Waals surface area contributed by atoms with Gasteiger partial charge in [-0.3, -0.25) is 0 Å². The van der Waals surface area contributed by atoms with Crippen LogP contribution in [0.3, 0.4) is 0 Å². The highest BCUT2D eigenvalue weighted by molar-refractivity contribution is 5.83. The molecule has 108 valence electrons. The van der Waals surface area contributed by atoms with E-state index in [0.717, 1.165) is 11.5 Å². The van der Waals surface area contributed by atoms with E-state index in [2.05, 4.69) is 5.32 Å². The lowest BCUT2D eigenvalue weighted by Gasteiger charge is -2.21. The molecule has 2 amide bonds. The minimum atomic E-state index is -1.09. The molecule has 0 aromatic carbocycles. The number of urea groups is 1. The van der Waals surface area contributed by atoms with Crippen molar-refractivity contribution in [3.63, 3.8) is 0 Å². The summed E-state index contributed by atoms with van der Waals surface area (Å²) in [5.41, 5.74) is 0. The number of rotatable bonds is 6. The molecule has 0 aromatic heterocycles. The molecule has 2 rings (SSSR count). The zero-order valence-electron chi connectivity index (χ0n) is 10.7. The number of likely N-dealkylation sites (tertiary alicyclic amines) is 1. The molecule has 0 spiro atoms. The Labute approximate surface area is 111 Å². The Bertz CT molecular complexity index is 345. The number of nitrogens with zero attached hydrogens (tertiary/aromatic N) is 1. The molecule has 2 atom stereocenters. The van der Waals surface area contributed by atoms with Gasteiger partial charge >= 0.3 is 12.0 Å². The number of aliphatic hydroxyl groups is 1. The summed E-state index contributed by atoms with van der Waals surface area (Å²) in [7, 11) is 0. The first kappa shape index (κ1) is 14.1. The number of aliphatic hydroxyl groups excluding tert-OH is 1. The van der Waals surface area contributed by atoms with Crippen LogP contribution in [0.2, 0.25) is 0 Å². The molecule has 3 N–H and O–H groups in total. The molecule has 0 radical (unpaired) electrons. The average Bonchev–Trinajstić information content (AvgIpc) is 3.09. The van der Waals surface area contributed by atoms with Crippen molar-refractivity contribution in [1.29, 1.82) is 0 Å². The van der Waals surface area contributed by atoms with Crippen molar-refractivity contribution in [2.75, 3.05) is 26.3 Å². The Balaban J connectivity index is 1.67. The second kappa shape index (κ2) is 6.21. The molecule has 0 aromatic rings. The summed E-state index contributed by atoms with van der Waals surface area (Å²) >= 11 is 0. The number of hydrogen-bond donors (Lipinski definition) is 3. The zero-order valence-corrected chi connectivity index (χ0v) is 10.7. The summed E-state index contributed by atoms with van der Waals surface area (Å²) in [5.74, 6) is -0.405. The first-order chi connectivity index (χ1) is 9.08. The molecule has 2 aliphatic rings. The number of hydrogen-bond acceptors (Lipinski definition) is 4. The van der Waals surface area contributed by atoms with Gasteiger partial charge in [0.2, 0.25) is 0 Å². The largest absolute Gasteiger partial charge is 0.480 e. The smallest absolute Gasteiger partial charge is 0.326 e. The summed E-state index contributed by atoms with van der Waals surface area (Å²) in [6, 6.07) is -1.40. The molecule has 7 heteroatoms. The van der Waals surface area contributed by atoms with Crippen molar-refractivity contribution in [2.45, 2.75) is 31.4 Å². The molecule has 0 bridgehead atoms. The van der Waals surface area contributed by atoms with Crippen molar-refractivity contribution < 1.29 is 24.5 Å². The van der Waals surface area contributed by atoms with Crippen molar-refractivity contribution in [3.8, 4) is 0 Å². The second-order valence-electron chi connectivity index (χ2n) is 5.15. The van der Waals surface area contributed by atoms with E-state index < -0.39 is 24.1 Å². The Morgan fingerprint density at radius 3 is 2.74 bits per heavy atom. The van der Waals surface area contributed by atoms with Crippen LogP contribution >= 0.6 is 0 Å². The lowest BCUT2D eigenvalue weighted by Crippen LogP contribution is -2.46. The number of amides is 2. The Hall–Kier alpha value is -1.34. The maximum Gasteiger partial charge on any atom is 0.326 e. The first-order valence-electron chi connectivity index (χ1n) is 6.61. The second-order valence-corrected chi connectivity index (χ2v) is 5.15. The number of nitrogens with one attached hydrogen (secondary N) is 1. The standard InChI is InChI=1S/C12H20N2O5/c15-9-5-10(11(16)17)14(6-9)12(18)13-3-4-19-7-8-1-2-8/h8-10,15H,1-7H2,(H,13,18)(H,16,17)/t9-,10-/m0/s1. The fourth-order valence-corrected chi connectivity index (χ4v) is 2.14. The Kier molecular flexibility index (Phi) is 4.60. The van der Waals surface area contributed by atoms with Crippen LogP contribution in [0.4, 0.5) is 4.79 Å². The number of carboxylic acids is 1. The minimum Gasteiger partial charge on any atom is -0.480 e. The van der Waals surface area contributed by atoms with E-state index >= 15 is 0 Å². The molecule has 1 heterocycles. The molecule has 1 aliphatic carbocycles. The van der Waals surface area contributed by atoms with E-state index in [1.54, 1.807) is 0 Å². The highest BCUT2D eigenvalue weighted by Gasteiger charge is 2.38. The van der Waals surface area contributed by atoms with Gasteiger partial charge in [0.1, 0.15) is 6.04 Å². The molecular formula is C12H20N2O5. The molecular weight excluding hydrogens is 252 g/mol. The molecule has 0 unspecified atom stereocenters. The fraction of sp³-hybridized carbons (Fsp3) is 0.833. The quantitative estimate of drug-likeness (QED) is 0.574. The molecule has 1 saturated heterocycles. The van der Waals surface area contributed by atoms with Gasteiger partial charge in [-0.1, -0.05) is 0 Å². The molecule has 2 fully saturated rings. The monoisotopic (exact) mass is 272 g/mol. The average molecular weight is 272 g/mol. The van der Waals surface area contributed by atoms with Gasteiger partial charge in [-0.2, -0.15) is 0 Å². The third-order valence-corrected chi connectivity index (χ3v) is 3.40. The van der Waals surface area contributed by atoms with E-state index in [-0.39, 0.29) is 13.0 Å². The number of carboxylic acid groups (broad SMARTS) is 1.